The number of nitrogens with zero attached hydrogens (tertiary/aromatic N) is 1. The highest BCUT2D eigenvalue weighted by atomic mass is 16.5. The van der Waals surface area contributed by atoms with E-state index in [2.05, 4.69) is 4.90 Å². The molecule has 1 fully saturated rings. The third-order valence-corrected chi connectivity index (χ3v) is 3.17. The third kappa shape index (κ3) is 3.17. The van der Waals surface area contributed by atoms with E-state index in [0.29, 0.717) is 24.2 Å². The highest BCUT2D eigenvalue weighted by Crippen LogP contribution is 2.13. The molecule has 1 aromatic rings. The van der Waals surface area contributed by atoms with Gasteiger partial charge in [-0.3, -0.25) is 9.69 Å². The minimum Gasteiger partial charge on any atom is -0.465 e. The Morgan fingerprint density at radius 2 is 2.06 bits per heavy atom. The summed E-state index contributed by atoms with van der Waals surface area (Å²) in [5, 5.41) is 0. The van der Waals surface area contributed by atoms with Gasteiger partial charge in [0.05, 0.1) is 12.7 Å². The summed E-state index contributed by atoms with van der Waals surface area (Å²) >= 11 is 0. The molecule has 0 spiro atoms. The molecule has 0 amide bonds. The van der Waals surface area contributed by atoms with Crippen molar-refractivity contribution in [2.75, 3.05) is 20.2 Å². The van der Waals surface area contributed by atoms with Crippen LogP contribution in [0.2, 0.25) is 0 Å². The van der Waals surface area contributed by atoms with Crippen LogP contribution in [0, 0.1) is 0 Å². The summed E-state index contributed by atoms with van der Waals surface area (Å²) in [6.45, 7) is 2.39. The minimum absolute atomic E-state index is 0.314. The molecular formula is C14H17NO3. The van der Waals surface area contributed by atoms with Crippen LogP contribution in [0.5, 0.6) is 0 Å². The molecule has 0 aromatic heterocycles. The van der Waals surface area contributed by atoms with E-state index in [0.717, 1.165) is 25.2 Å². The molecule has 1 aliphatic heterocycles. The lowest BCUT2D eigenvalue weighted by molar-refractivity contribution is -0.121. The van der Waals surface area contributed by atoms with Gasteiger partial charge in [-0.05, 0) is 17.7 Å². The summed E-state index contributed by atoms with van der Waals surface area (Å²) in [6.07, 6.45) is 1.27. The first kappa shape index (κ1) is 12.8. The van der Waals surface area contributed by atoms with E-state index in [1.54, 1.807) is 6.07 Å². The first-order valence-electron chi connectivity index (χ1n) is 6.10. The topological polar surface area (TPSA) is 46.6 Å². The summed E-state index contributed by atoms with van der Waals surface area (Å²) in [4.78, 5) is 24.8. The summed E-state index contributed by atoms with van der Waals surface area (Å²) in [6, 6.07) is 7.44. The van der Waals surface area contributed by atoms with Gasteiger partial charge in [0, 0.05) is 32.5 Å². The zero-order valence-corrected chi connectivity index (χ0v) is 10.5. The smallest absolute Gasteiger partial charge is 0.337 e. The van der Waals surface area contributed by atoms with Gasteiger partial charge >= 0.3 is 5.97 Å². The Morgan fingerprint density at radius 1 is 1.33 bits per heavy atom. The van der Waals surface area contributed by atoms with Gasteiger partial charge in [0.2, 0.25) is 0 Å². The zero-order valence-electron chi connectivity index (χ0n) is 10.5. The van der Waals surface area contributed by atoms with Crippen molar-refractivity contribution in [2.24, 2.45) is 0 Å². The molecule has 0 unspecified atom stereocenters. The number of benzene rings is 1. The number of hydrogen-bond donors (Lipinski definition) is 0. The molecule has 0 atom stereocenters. The van der Waals surface area contributed by atoms with Crippen LogP contribution >= 0.6 is 0 Å². The molecule has 1 heterocycles. The summed E-state index contributed by atoms with van der Waals surface area (Å²) in [5.74, 6) is 0.0280. The number of carbonyl (C=O) groups is 2. The lowest BCUT2D eigenvalue weighted by Gasteiger charge is -2.25. The second-order valence-electron chi connectivity index (χ2n) is 4.51. The van der Waals surface area contributed by atoms with Crippen molar-refractivity contribution in [1.29, 1.82) is 0 Å². The molecule has 0 aliphatic carbocycles. The average molecular weight is 247 g/mol. The monoisotopic (exact) mass is 247 g/mol. The lowest BCUT2D eigenvalue weighted by Crippen LogP contribution is -2.33. The Balaban J connectivity index is 2.01. The van der Waals surface area contributed by atoms with Crippen molar-refractivity contribution in [3.05, 3.63) is 35.4 Å². The van der Waals surface area contributed by atoms with Crippen LogP contribution in [0.1, 0.15) is 28.8 Å². The molecule has 4 heteroatoms. The largest absolute Gasteiger partial charge is 0.465 e. The van der Waals surface area contributed by atoms with Crippen LogP contribution in [0.3, 0.4) is 0 Å². The molecular weight excluding hydrogens is 230 g/mol. The van der Waals surface area contributed by atoms with Crippen molar-refractivity contribution in [1.82, 2.24) is 4.90 Å². The van der Waals surface area contributed by atoms with E-state index >= 15 is 0 Å². The molecule has 4 nitrogen and oxygen atoms in total. The maximum Gasteiger partial charge on any atom is 0.337 e. The van der Waals surface area contributed by atoms with E-state index in [1.807, 2.05) is 18.2 Å². The highest BCUT2D eigenvalue weighted by molar-refractivity contribution is 5.89. The molecule has 1 saturated heterocycles. The molecule has 2 rings (SSSR count). The number of esters is 1. The number of hydrogen-bond acceptors (Lipinski definition) is 4. The molecule has 18 heavy (non-hydrogen) atoms. The number of ketones is 1. The number of methoxy groups -OCH3 is 1. The van der Waals surface area contributed by atoms with Crippen LogP contribution in [0.25, 0.3) is 0 Å². The molecule has 96 valence electrons. The van der Waals surface area contributed by atoms with Gasteiger partial charge < -0.3 is 4.74 Å². The van der Waals surface area contributed by atoms with Gasteiger partial charge in [0.15, 0.2) is 0 Å². The zero-order chi connectivity index (χ0) is 13.0. The third-order valence-electron chi connectivity index (χ3n) is 3.17. The predicted molar refractivity (Wildman–Crippen MR) is 67.3 cm³/mol. The van der Waals surface area contributed by atoms with Crippen LogP contribution < -0.4 is 0 Å². The minimum atomic E-state index is -0.314. The SMILES string of the molecule is COC(=O)c1cccc(CN2CCC(=O)CC2)c1. The van der Waals surface area contributed by atoms with Gasteiger partial charge in [0.1, 0.15) is 5.78 Å². The van der Waals surface area contributed by atoms with Gasteiger partial charge in [0.25, 0.3) is 0 Å². The first-order valence-corrected chi connectivity index (χ1v) is 6.10. The number of rotatable bonds is 3. The molecule has 0 radical (unpaired) electrons. The molecule has 0 saturated carbocycles. The van der Waals surface area contributed by atoms with Gasteiger partial charge in [-0.25, -0.2) is 4.79 Å². The van der Waals surface area contributed by atoms with Gasteiger partial charge in [-0.15, -0.1) is 0 Å². The summed E-state index contributed by atoms with van der Waals surface area (Å²) < 4.78 is 4.70. The second kappa shape index (κ2) is 5.78. The number of piperidine rings is 1. The normalized spacial score (nSPS) is 16.6. The molecule has 1 aromatic carbocycles. The number of carbonyl (C=O) groups excluding carboxylic acids is 2. The number of ether oxygens (including phenoxy) is 1. The van der Waals surface area contributed by atoms with Crippen LogP contribution in [0.4, 0.5) is 0 Å². The highest BCUT2D eigenvalue weighted by Gasteiger charge is 2.16. The Kier molecular flexibility index (Phi) is 4.10. The van der Waals surface area contributed by atoms with Gasteiger partial charge in [-0.1, -0.05) is 12.1 Å². The predicted octanol–water partition coefficient (Wildman–Crippen LogP) is 1.64. The maximum atomic E-state index is 11.4. The first-order chi connectivity index (χ1) is 8.69. The van der Waals surface area contributed by atoms with Crippen molar-refractivity contribution in [3.8, 4) is 0 Å². The van der Waals surface area contributed by atoms with Crippen LogP contribution in [-0.2, 0) is 16.1 Å². The van der Waals surface area contributed by atoms with E-state index in [4.69, 9.17) is 4.74 Å². The van der Waals surface area contributed by atoms with E-state index < -0.39 is 0 Å². The Bertz CT molecular complexity index is 446. The summed E-state index contributed by atoms with van der Waals surface area (Å²) in [7, 11) is 1.38. The van der Waals surface area contributed by atoms with Crippen molar-refractivity contribution >= 4 is 11.8 Å². The fourth-order valence-electron chi connectivity index (χ4n) is 2.13. The number of Topliss-reactive ketones (excluding diaryl/α,β-unsaturated/α-hetero) is 1. The fourth-order valence-corrected chi connectivity index (χ4v) is 2.13. The molecule has 1 aliphatic rings. The van der Waals surface area contributed by atoms with Crippen molar-refractivity contribution < 1.29 is 14.3 Å². The van der Waals surface area contributed by atoms with E-state index in [1.165, 1.54) is 7.11 Å². The standard InChI is InChI=1S/C14H17NO3/c1-18-14(17)12-4-2-3-11(9-12)10-15-7-5-13(16)6-8-15/h2-4,9H,5-8,10H2,1H3. The van der Waals surface area contributed by atoms with E-state index in [9.17, 15) is 9.59 Å². The molecule has 0 bridgehead atoms. The summed E-state index contributed by atoms with van der Waals surface area (Å²) in [5.41, 5.74) is 1.65. The number of likely N-dealkylation sites (tertiary alicyclic amines) is 1. The maximum absolute atomic E-state index is 11.4. The van der Waals surface area contributed by atoms with Gasteiger partial charge in [-0.2, -0.15) is 0 Å². The quantitative estimate of drug-likeness (QED) is 0.762. The van der Waals surface area contributed by atoms with Crippen LogP contribution in [-0.4, -0.2) is 36.9 Å². The Morgan fingerprint density at radius 3 is 2.72 bits per heavy atom. The molecule has 0 N–H and O–H groups in total. The van der Waals surface area contributed by atoms with E-state index in [-0.39, 0.29) is 5.97 Å². The Hall–Kier alpha value is -1.68. The van der Waals surface area contributed by atoms with Crippen molar-refractivity contribution in [2.45, 2.75) is 19.4 Å². The second-order valence-corrected chi connectivity index (χ2v) is 4.51. The Labute approximate surface area is 107 Å². The lowest BCUT2D eigenvalue weighted by atomic mass is 10.1. The fraction of sp³-hybridized carbons (Fsp3) is 0.429. The average Bonchev–Trinajstić information content (AvgIpc) is 2.41. The van der Waals surface area contributed by atoms with Crippen LogP contribution in [0.15, 0.2) is 24.3 Å². The van der Waals surface area contributed by atoms with Crippen molar-refractivity contribution in [3.63, 3.8) is 0 Å².